The first-order chi connectivity index (χ1) is 20.4. The minimum atomic E-state index is -4.78. The quantitative estimate of drug-likeness (QED) is 0.149. The lowest BCUT2D eigenvalue weighted by Crippen LogP contribution is -2.29. The number of benzene rings is 3. The summed E-state index contributed by atoms with van der Waals surface area (Å²) in [4.78, 5) is 0. The second-order valence-electron chi connectivity index (χ2n) is 12.5. The fourth-order valence-corrected chi connectivity index (χ4v) is 5.52. The molecule has 0 aliphatic rings. The molecule has 0 heterocycles. The van der Waals surface area contributed by atoms with Gasteiger partial charge in [0.05, 0.1) is 5.56 Å². The number of allylic oxidation sites excluding steroid dienone is 2. The number of halogens is 5. The van der Waals surface area contributed by atoms with Gasteiger partial charge in [0.25, 0.3) is 5.92 Å². The number of alkyl halides is 5. The summed E-state index contributed by atoms with van der Waals surface area (Å²) < 4.78 is 70.7. The van der Waals surface area contributed by atoms with E-state index in [4.69, 9.17) is 5.73 Å². The van der Waals surface area contributed by atoms with Crippen LogP contribution in [0, 0.1) is 6.92 Å². The molecule has 0 aliphatic heterocycles. The second-order valence-corrected chi connectivity index (χ2v) is 12.5. The Labute approximate surface area is 259 Å². The van der Waals surface area contributed by atoms with Gasteiger partial charge in [0.15, 0.2) is 0 Å². The van der Waals surface area contributed by atoms with Crippen LogP contribution >= 0.6 is 0 Å². The molecule has 0 fully saturated rings. The first-order valence-corrected chi connectivity index (χ1v) is 15.1. The predicted molar refractivity (Wildman–Crippen MR) is 174 cm³/mol. The van der Waals surface area contributed by atoms with E-state index < -0.39 is 28.8 Å². The molecule has 3 aromatic rings. The summed E-state index contributed by atoms with van der Waals surface area (Å²) in [6.07, 6.45) is 2.54. The van der Waals surface area contributed by atoms with Gasteiger partial charge in [0, 0.05) is 29.4 Å². The van der Waals surface area contributed by atoms with Gasteiger partial charge in [-0.2, -0.15) is 13.2 Å². The summed E-state index contributed by atoms with van der Waals surface area (Å²) in [6, 6.07) is 14.5. The van der Waals surface area contributed by atoms with Crippen LogP contribution in [0.25, 0.3) is 16.7 Å². The Morgan fingerprint density at radius 3 is 2.09 bits per heavy atom. The number of nitrogens with two attached hydrogens (primary N) is 1. The van der Waals surface area contributed by atoms with E-state index in [-0.39, 0.29) is 5.56 Å². The van der Waals surface area contributed by atoms with Crippen LogP contribution < -0.4 is 11.1 Å². The molecule has 0 amide bonds. The van der Waals surface area contributed by atoms with Crippen molar-refractivity contribution in [2.75, 3.05) is 5.32 Å². The lowest BCUT2D eigenvalue weighted by atomic mass is 9.85. The van der Waals surface area contributed by atoms with E-state index in [0.29, 0.717) is 37.0 Å². The minimum Gasteiger partial charge on any atom is -0.359 e. The first kappa shape index (κ1) is 35.0. The van der Waals surface area contributed by atoms with Crippen LogP contribution in [0.15, 0.2) is 72.9 Å². The molecule has 0 saturated heterocycles. The van der Waals surface area contributed by atoms with Crippen molar-refractivity contribution in [1.29, 1.82) is 0 Å². The fourth-order valence-electron chi connectivity index (χ4n) is 5.52. The molecule has 3 N–H and O–H groups in total. The molecule has 44 heavy (non-hydrogen) atoms. The molecule has 0 unspecified atom stereocenters. The zero-order chi connectivity index (χ0) is 32.9. The van der Waals surface area contributed by atoms with Crippen LogP contribution in [0.5, 0.6) is 0 Å². The van der Waals surface area contributed by atoms with E-state index in [1.165, 1.54) is 6.07 Å². The zero-order valence-electron chi connectivity index (χ0n) is 26.7. The molecule has 0 spiro atoms. The Morgan fingerprint density at radius 2 is 1.52 bits per heavy atom. The normalized spacial score (nSPS) is 12.9. The van der Waals surface area contributed by atoms with Crippen LogP contribution in [0.2, 0.25) is 0 Å². The maximum Gasteiger partial charge on any atom is 0.416 e. The maximum absolute atomic E-state index is 14.5. The molecule has 3 rings (SSSR count). The topological polar surface area (TPSA) is 38.0 Å². The van der Waals surface area contributed by atoms with E-state index in [0.717, 1.165) is 65.4 Å². The van der Waals surface area contributed by atoms with Gasteiger partial charge >= 0.3 is 6.18 Å². The van der Waals surface area contributed by atoms with Gasteiger partial charge in [0.1, 0.15) is 0 Å². The van der Waals surface area contributed by atoms with Gasteiger partial charge < -0.3 is 11.1 Å². The Morgan fingerprint density at radius 1 is 0.886 bits per heavy atom. The Bertz CT molecular complexity index is 1440. The highest BCUT2D eigenvalue weighted by Gasteiger charge is 2.35. The highest BCUT2D eigenvalue weighted by molar-refractivity contribution is 5.80. The predicted octanol–water partition coefficient (Wildman–Crippen LogP) is 11.2. The van der Waals surface area contributed by atoms with Crippen molar-refractivity contribution in [2.45, 2.75) is 97.7 Å². The average molecular weight is 613 g/mol. The molecule has 0 aromatic heterocycles. The van der Waals surface area contributed by atoms with E-state index in [1.807, 2.05) is 70.2 Å². The van der Waals surface area contributed by atoms with Crippen LogP contribution in [0.4, 0.5) is 27.6 Å². The summed E-state index contributed by atoms with van der Waals surface area (Å²) >= 11 is 0. The van der Waals surface area contributed by atoms with Gasteiger partial charge in [-0.15, -0.1) is 0 Å². The van der Waals surface area contributed by atoms with Crippen molar-refractivity contribution in [1.82, 2.24) is 0 Å². The van der Waals surface area contributed by atoms with Crippen LogP contribution in [-0.4, -0.2) is 5.54 Å². The molecule has 3 aromatic carbocycles. The molecule has 0 radical (unpaired) electrons. The second kappa shape index (κ2) is 14.1. The number of unbranched alkanes of at least 4 members (excludes halogenated alkanes) is 2. The van der Waals surface area contributed by atoms with E-state index in [1.54, 1.807) is 0 Å². The summed E-state index contributed by atoms with van der Waals surface area (Å²) in [5.41, 5.74) is 10.6. The molecular weight excluding hydrogens is 567 g/mol. The highest BCUT2D eigenvalue weighted by Crippen LogP contribution is 2.41. The summed E-state index contributed by atoms with van der Waals surface area (Å²) in [5, 5.41) is 3.35. The lowest BCUT2D eigenvalue weighted by Gasteiger charge is -2.22. The molecule has 0 saturated carbocycles. The SMILES string of the molecule is C=C(CCCCC)Nc1ccc(CCc2ccc(/C(C)=C/C(C)(C)N)c(C)c2-c2cc(C(C)(F)F)cc(C(F)(F)F)c2)cc1. The molecule has 0 aliphatic carbocycles. The van der Waals surface area contributed by atoms with E-state index in [9.17, 15) is 22.0 Å². The van der Waals surface area contributed by atoms with Gasteiger partial charge in [-0.1, -0.05) is 56.7 Å². The molecule has 2 nitrogen and oxygen atoms in total. The molecule has 238 valence electrons. The molecular formula is C37H45F5N2. The third kappa shape index (κ3) is 9.78. The zero-order valence-corrected chi connectivity index (χ0v) is 26.7. The van der Waals surface area contributed by atoms with Crippen molar-refractivity contribution in [3.63, 3.8) is 0 Å². The largest absolute Gasteiger partial charge is 0.416 e. The Kier molecular flexibility index (Phi) is 11.2. The standard InChI is InChI=1S/C37H45F5N2/c1-8-9-10-11-25(3)44-32-17-13-27(14-18-32)12-15-28-16-19-33(24(2)23-35(5,6)43)26(4)34(28)29-20-30(36(7,38)39)22-31(21-29)37(40,41)42/h13-14,16-23,44H,3,8-12,15,43H2,1-2,4-7H3/b24-23+. The summed E-state index contributed by atoms with van der Waals surface area (Å²) in [6.45, 7) is 14.3. The number of rotatable bonds is 13. The monoisotopic (exact) mass is 612 g/mol. The van der Waals surface area contributed by atoms with Crippen molar-refractivity contribution in [3.8, 4) is 11.1 Å². The van der Waals surface area contributed by atoms with Crippen molar-refractivity contribution >= 4 is 11.3 Å². The minimum absolute atomic E-state index is 0.117. The van der Waals surface area contributed by atoms with Crippen molar-refractivity contribution in [3.05, 3.63) is 106 Å². The van der Waals surface area contributed by atoms with E-state index in [2.05, 4.69) is 18.8 Å². The summed E-state index contributed by atoms with van der Waals surface area (Å²) in [5.74, 6) is -3.45. The lowest BCUT2D eigenvalue weighted by molar-refractivity contribution is -0.137. The van der Waals surface area contributed by atoms with E-state index >= 15 is 0 Å². The molecule has 7 heteroatoms. The Balaban J connectivity index is 2.04. The van der Waals surface area contributed by atoms with Crippen LogP contribution in [-0.2, 0) is 24.9 Å². The summed E-state index contributed by atoms with van der Waals surface area (Å²) in [7, 11) is 0. The highest BCUT2D eigenvalue weighted by atomic mass is 19.4. The van der Waals surface area contributed by atoms with Crippen molar-refractivity contribution in [2.24, 2.45) is 5.73 Å². The average Bonchev–Trinajstić information content (AvgIpc) is 2.90. The number of hydrogen-bond acceptors (Lipinski definition) is 2. The number of aryl methyl sites for hydroxylation is 2. The van der Waals surface area contributed by atoms with Gasteiger partial charge in [0.2, 0.25) is 0 Å². The Hall–Kier alpha value is -3.45. The smallest absolute Gasteiger partial charge is 0.359 e. The van der Waals surface area contributed by atoms with Gasteiger partial charge in [-0.05, 0) is 123 Å². The van der Waals surface area contributed by atoms with Gasteiger partial charge in [-0.25, -0.2) is 8.78 Å². The number of hydrogen-bond donors (Lipinski definition) is 2. The molecule has 0 atom stereocenters. The number of anilines is 1. The fraction of sp³-hybridized carbons (Fsp3) is 0.405. The number of nitrogens with one attached hydrogen (secondary N) is 1. The van der Waals surface area contributed by atoms with Gasteiger partial charge in [-0.3, -0.25) is 0 Å². The maximum atomic E-state index is 14.5. The van der Waals surface area contributed by atoms with Crippen LogP contribution in [0.3, 0.4) is 0 Å². The third-order valence-electron chi connectivity index (χ3n) is 7.66. The van der Waals surface area contributed by atoms with Crippen molar-refractivity contribution < 1.29 is 22.0 Å². The third-order valence-corrected chi connectivity index (χ3v) is 7.66. The first-order valence-electron chi connectivity index (χ1n) is 15.1. The molecule has 0 bridgehead atoms. The van der Waals surface area contributed by atoms with Crippen LogP contribution in [0.1, 0.15) is 93.7 Å².